The summed E-state index contributed by atoms with van der Waals surface area (Å²) in [6.07, 6.45) is 3.53. The fourth-order valence-corrected chi connectivity index (χ4v) is 2.62. The van der Waals surface area contributed by atoms with Crippen LogP contribution < -0.4 is 5.32 Å². The summed E-state index contributed by atoms with van der Waals surface area (Å²) in [5.41, 5.74) is 0.0247. The van der Waals surface area contributed by atoms with Gasteiger partial charge in [-0.1, -0.05) is 6.92 Å². The standard InChI is InChI=1S/C15H21F2NO/c1-10-2-5-12(6-3-10)18-9-15(19)13-8-11(16)4-7-14(13)17/h4,7-8,10,12,15,18-19H,2-3,5-6,9H2,1H3. The van der Waals surface area contributed by atoms with Crippen LogP contribution >= 0.6 is 0 Å². The second-order valence-corrected chi connectivity index (χ2v) is 5.55. The number of nitrogens with one attached hydrogen (secondary N) is 1. The van der Waals surface area contributed by atoms with Crippen molar-refractivity contribution in [2.24, 2.45) is 5.92 Å². The largest absolute Gasteiger partial charge is 0.387 e. The zero-order valence-electron chi connectivity index (χ0n) is 11.2. The molecule has 1 fully saturated rings. The summed E-state index contributed by atoms with van der Waals surface area (Å²) in [5, 5.41) is 13.2. The molecule has 1 unspecified atom stereocenters. The Morgan fingerprint density at radius 3 is 2.63 bits per heavy atom. The molecule has 0 spiro atoms. The van der Waals surface area contributed by atoms with E-state index in [9.17, 15) is 13.9 Å². The van der Waals surface area contributed by atoms with E-state index in [0.717, 1.165) is 37.0 Å². The Morgan fingerprint density at radius 2 is 1.95 bits per heavy atom. The molecule has 4 heteroatoms. The summed E-state index contributed by atoms with van der Waals surface area (Å²) in [6.45, 7) is 2.51. The van der Waals surface area contributed by atoms with Crippen LogP contribution in [0.15, 0.2) is 18.2 Å². The fourth-order valence-electron chi connectivity index (χ4n) is 2.62. The lowest BCUT2D eigenvalue weighted by Crippen LogP contribution is -2.35. The third-order valence-electron chi connectivity index (χ3n) is 3.93. The molecule has 0 amide bonds. The first-order valence-electron chi connectivity index (χ1n) is 6.92. The third-order valence-corrected chi connectivity index (χ3v) is 3.93. The van der Waals surface area contributed by atoms with Crippen LogP contribution in [0.2, 0.25) is 0 Å². The first-order chi connectivity index (χ1) is 9.06. The van der Waals surface area contributed by atoms with Gasteiger partial charge in [0.1, 0.15) is 11.6 Å². The Morgan fingerprint density at radius 1 is 1.26 bits per heavy atom. The molecule has 2 N–H and O–H groups in total. The van der Waals surface area contributed by atoms with E-state index in [2.05, 4.69) is 12.2 Å². The average Bonchev–Trinajstić information content (AvgIpc) is 2.40. The number of aliphatic hydroxyl groups excluding tert-OH is 1. The molecule has 1 aliphatic carbocycles. The van der Waals surface area contributed by atoms with Crippen LogP contribution in [0.3, 0.4) is 0 Å². The van der Waals surface area contributed by atoms with E-state index in [4.69, 9.17) is 0 Å². The summed E-state index contributed by atoms with van der Waals surface area (Å²) in [7, 11) is 0. The van der Waals surface area contributed by atoms with Crippen LogP contribution in [0.1, 0.15) is 44.3 Å². The SMILES string of the molecule is CC1CCC(NCC(O)c2cc(F)ccc2F)CC1. The molecule has 1 aliphatic rings. The second-order valence-electron chi connectivity index (χ2n) is 5.55. The average molecular weight is 269 g/mol. The molecule has 2 nitrogen and oxygen atoms in total. The Kier molecular flexibility index (Phi) is 4.88. The first-order valence-corrected chi connectivity index (χ1v) is 6.92. The van der Waals surface area contributed by atoms with Crippen molar-refractivity contribution in [3.05, 3.63) is 35.4 Å². The minimum atomic E-state index is -1.00. The molecule has 0 aromatic heterocycles. The zero-order valence-corrected chi connectivity index (χ0v) is 11.2. The quantitative estimate of drug-likeness (QED) is 0.880. The highest BCUT2D eigenvalue weighted by atomic mass is 19.1. The Balaban J connectivity index is 1.87. The summed E-state index contributed by atoms with van der Waals surface area (Å²) in [5.74, 6) is -0.321. The summed E-state index contributed by atoms with van der Waals surface area (Å²) in [4.78, 5) is 0. The lowest BCUT2D eigenvalue weighted by atomic mass is 9.87. The van der Waals surface area contributed by atoms with Crippen LogP contribution in [0, 0.1) is 17.6 Å². The predicted molar refractivity (Wildman–Crippen MR) is 70.7 cm³/mol. The van der Waals surface area contributed by atoms with Crippen LogP contribution in [0.4, 0.5) is 8.78 Å². The predicted octanol–water partition coefficient (Wildman–Crippen LogP) is 3.17. The maximum Gasteiger partial charge on any atom is 0.129 e. The smallest absolute Gasteiger partial charge is 0.129 e. The van der Waals surface area contributed by atoms with Crippen LogP contribution in [-0.4, -0.2) is 17.7 Å². The van der Waals surface area contributed by atoms with Gasteiger partial charge in [0, 0.05) is 18.2 Å². The normalized spacial score (nSPS) is 25.3. The van der Waals surface area contributed by atoms with Crippen molar-refractivity contribution >= 4 is 0 Å². The monoisotopic (exact) mass is 269 g/mol. The van der Waals surface area contributed by atoms with E-state index in [0.29, 0.717) is 6.04 Å². The van der Waals surface area contributed by atoms with E-state index >= 15 is 0 Å². The van der Waals surface area contributed by atoms with Gasteiger partial charge >= 0.3 is 0 Å². The maximum absolute atomic E-state index is 13.5. The van der Waals surface area contributed by atoms with Crippen molar-refractivity contribution in [3.63, 3.8) is 0 Å². The van der Waals surface area contributed by atoms with Gasteiger partial charge in [-0.2, -0.15) is 0 Å². The summed E-state index contributed by atoms with van der Waals surface area (Å²) < 4.78 is 26.5. The minimum Gasteiger partial charge on any atom is -0.387 e. The van der Waals surface area contributed by atoms with Crippen LogP contribution in [0.25, 0.3) is 0 Å². The number of halogens is 2. The maximum atomic E-state index is 13.5. The van der Waals surface area contributed by atoms with E-state index < -0.39 is 17.7 Å². The molecule has 1 aromatic rings. The number of hydrogen-bond donors (Lipinski definition) is 2. The van der Waals surface area contributed by atoms with Gasteiger partial charge in [-0.3, -0.25) is 0 Å². The van der Waals surface area contributed by atoms with Crippen molar-refractivity contribution in [3.8, 4) is 0 Å². The molecule has 0 aliphatic heterocycles. The lowest BCUT2D eigenvalue weighted by molar-refractivity contribution is 0.158. The molecule has 19 heavy (non-hydrogen) atoms. The molecule has 0 radical (unpaired) electrons. The van der Waals surface area contributed by atoms with Gasteiger partial charge in [-0.05, 0) is 49.8 Å². The molecule has 106 valence electrons. The minimum absolute atomic E-state index is 0.0247. The van der Waals surface area contributed by atoms with E-state index in [1.807, 2.05) is 0 Å². The highest BCUT2D eigenvalue weighted by Crippen LogP contribution is 2.24. The van der Waals surface area contributed by atoms with Gasteiger partial charge in [-0.15, -0.1) is 0 Å². The number of rotatable bonds is 4. The molecule has 1 aromatic carbocycles. The molecule has 0 bridgehead atoms. The molecule has 1 saturated carbocycles. The Bertz CT molecular complexity index is 417. The zero-order chi connectivity index (χ0) is 13.8. The van der Waals surface area contributed by atoms with Gasteiger partial charge in [-0.25, -0.2) is 8.78 Å². The molecule has 0 heterocycles. The van der Waals surface area contributed by atoms with Crippen molar-refractivity contribution in [1.82, 2.24) is 5.32 Å². The number of aliphatic hydroxyl groups is 1. The molecular weight excluding hydrogens is 248 g/mol. The number of benzene rings is 1. The van der Waals surface area contributed by atoms with Gasteiger partial charge in [0.05, 0.1) is 6.10 Å². The topological polar surface area (TPSA) is 32.3 Å². The van der Waals surface area contributed by atoms with Crippen molar-refractivity contribution in [2.45, 2.75) is 44.8 Å². The van der Waals surface area contributed by atoms with Crippen molar-refractivity contribution in [1.29, 1.82) is 0 Å². The van der Waals surface area contributed by atoms with E-state index in [1.165, 1.54) is 12.8 Å². The van der Waals surface area contributed by atoms with Crippen molar-refractivity contribution in [2.75, 3.05) is 6.54 Å². The first kappa shape index (κ1) is 14.4. The lowest BCUT2D eigenvalue weighted by Gasteiger charge is -2.28. The summed E-state index contributed by atoms with van der Waals surface area (Å²) >= 11 is 0. The third kappa shape index (κ3) is 3.98. The molecule has 2 rings (SSSR count). The van der Waals surface area contributed by atoms with Crippen molar-refractivity contribution < 1.29 is 13.9 Å². The van der Waals surface area contributed by atoms with E-state index in [-0.39, 0.29) is 12.1 Å². The second kappa shape index (κ2) is 6.44. The molecular formula is C15H21F2NO. The molecule has 0 saturated heterocycles. The van der Waals surface area contributed by atoms with E-state index in [1.54, 1.807) is 0 Å². The Hall–Kier alpha value is -1.00. The highest BCUT2D eigenvalue weighted by Gasteiger charge is 2.20. The van der Waals surface area contributed by atoms with Crippen LogP contribution in [0.5, 0.6) is 0 Å². The summed E-state index contributed by atoms with van der Waals surface area (Å²) in [6, 6.07) is 3.55. The molecule has 1 atom stereocenters. The van der Waals surface area contributed by atoms with Crippen LogP contribution in [-0.2, 0) is 0 Å². The van der Waals surface area contributed by atoms with Gasteiger partial charge in [0.2, 0.25) is 0 Å². The van der Waals surface area contributed by atoms with Gasteiger partial charge in [0.15, 0.2) is 0 Å². The highest BCUT2D eigenvalue weighted by molar-refractivity contribution is 5.21. The number of hydrogen-bond acceptors (Lipinski definition) is 2. The fraction of sp³-hybridized carbons (Fsp3) is 0.600. The van der Waals surface area contributed by atoms with Gasteiger partial charge < -0.3 is 10.4 Å². The Labute approximate surface area is 112 Å². The van der Waals surface area contributed by atoms with Gasteiger partial charge in [0.25, 0.3) is 0 Å².